The smallest absolute Gasteiger partial charge is 0.335 e. The second kappa shape index (κ2) is 17.2. The molecule has 2 rings (SSSR count). The number of carboxylic acids is 1. The number of carbonyl (C=O) groups is 1. The molecule has 38 heavy (non-hydrogen) atoms. The van der Waals surface area contributed by atoms with Crippen molar-refractivity contribution in [2.75, 3.05) is 26.4 Å². The molecule has 10 atom stereocenters. The molecule has 2 fully saturated rings. The SMILES string of the molecule is CCCCOC1OC(CO)[C@@H](O[C@@H]2OC(C(=O)O)[C@@H](O)C(OCCCC)[C@@H]2O)C(OCCCC)[C@@H]1N=[N+]=[N-]. The topological polar surface area (TPSA) is 202 Å². The van der Waals surface area contributed by atoms with Crippen LogP contribution in [0.2, 0.25) is 0 Å². The highest BCUT2D eigenvalue weighted by atomic mass is 16.7. The first-order valence-corrected chi connectivity index (χ1v) is 13.4. The summed E-state index contributed by atoms with van der Waals surface area (Å²) in [5, 5.41) is 45.1. The van der Waals surface area contributed by atoms with Crippen LogP contribution in [-0.4, -0.2) is 114 Å². The van der Waals surface area contributed by atoms with Crippen molar-refractivity contribution in [2.45, 2.75) is 121 Å². The van der Waals surface area contributed by atoms with Crippen molar-refractivity contribution in [3.63, 3.8) is 0 Å². The second-order valence-corrected chi connectivity index (χ2v) is 9.37. The molecule has 2 aliphatic rings. The summed E-state index contributed by atoms with van der Waals surface area (Å²) in [7, 11) is 0. The number of hydrogen-bond acceptors (Lipinski definition) is 11. The second-order valence-electron chi connectivity index (χ2n) is 9.37. The van der Waals surface area contributed by atoms with Gasteiger partial charge in [0.1, 0.15) is 36.6 Å². The molecular weight excluding hydrogens is 506 g/mol. The Morgan fingerprint density at radius 2 is 1.45 bits per heavy atom. The van der Waals surface area contributed by atoms with Crippen molar-refractivity contribution in [1.29, 1.82) is 0 Å². The summed E-state index contributed by atoms with van der Waals surface area (Å²) in [5.74, 6) is -1.47. The molecule has 0 aliphatic carbocycles. The van der Waals surface area contributed by atoms with Gasteiger partial charge in [-0.15, -0.1) is 0 Å². The summed E-state index contributed by atoms with van der Waals surface area (Å²) in [6.07, 6.45) is -7.59. The molecule has 0 radical (unpaired) electrons. The lowest BCUT2D eigenvalue weighted by atomic mass is 9.95. The largest absolute Gasteiger partial charge is 0.479 e. The molecule has 220 valence electrons. The van der Waals surface area contributed by atoms with Crippen LogP contribution in [-0.2, 0) is 33.2 Å². The van der Waals surface area contributed by atoms with E-state index in [9.17, 15) is 30.8 Å². The molecule has 0 spiro atoms. The third kappa shape index (κ3) is 8.71. The Kier molecular flexibility index (Phi) is 14.8. The van der Waals surface area contributed by atoms with Crippen molar-refractivity contribution >= 4 is 5.97 Å². The number of rotatable bonds is 17. The quantitative estimate of drug-likeness (QED) is 0.0885. The van der Waals surface area contributed by atoms with Crippen LogP contribution < -0.4 is 0 Å². The minimum atomic E-state index is -1.75. The Morgan fingerprint density at radius 3 is 1.97 bits per heavy atom. The van der Waals surface area contributed by atoms with Gasteiger partial charge < -0.3 is 48.8 Å². The summed E-state index contributed by atoms with van der Waals surface area (Å²) < 4.78 is 34.9. The monoisotopic (exact) mass is 549 g/mol. The number of nitrogens with zero attached hydrogens (tertiary/aromatic N) is 3. The van der Waals surface area contributed by atoms with Crippen LogP contribution in [0.5, 0.6) is 0 Å². The molecule has 0 aromatic carbocycles. The van der Waals surface area contributed by atoms with E-state index in [0.717, 1.165) is 25.7 Å². The van der Waals surface area contributed by atoms with Crippen molar-refractivity contribution < 1.29 is 53.6 Å². The van der Waals surface area contributed by atoms with Crippen LogP contribution in [0.15, 0.2) is 5.11 Å². The van der Waals surface area contributed by atoms with E-state index in [1.54, 1.807) is 0 Å². The molecule has 0 saturated carbocycles. The van der Waals surface area contributed by atoms with Crippen LogP contribution in [0.4, 0.5) is 0 Å². The summed E-state index contributed by atoms with van der Waals surface area (Å²) in [5.41, 5.74) is 9.26. The minimum Gasteiger partial charge on any atom is -0.479 e. The molecule has 5 unspecified atom stereocenters. The van der Waals surface area contributed by atoms with Gasteiger partial charge >= 0.3 is 5.97 Å². The standard InChI is InChI=1S/C24H43N3O11/c1-4-7-10-33-19-15(26-27-25)23(35-12-9-6-3)36-14(13-28)18(19)37-24-17(30)20(34-11-8-5-2)16(29)21(38-24)22(31)32/h14-21,23-24,28-30H,4-13H2,1-3H3,(H,31,32)/t14?,15-,16-,17-,18+,19?,20?,21?,23?,24+/m0/s1. The molecule has 2 heterocycles. The molecule has 14 nitrogen and oxygen atoms in total. The first-order valence-electron chi connectivity index (χ1n) is 13.4. The lowest BCUT2D eigenvalue weighted by molar-refractivity contribution is -0.348. The molecule has 0 aromatic rings. The van der Waals surface area contributed by atoms with Gasteiger partial charge in [0, 0.05) is 24.7 Å². The number of ether oxygens (including phenoxy) is 6. The normalized spacial score (nSPS) is 35.5. The van der Waals surface area contributed by atoms with E-state index in [1.165, 1.54) is 0 Å². The number of carboxylic acid groups (broad SMARTS) is 1. The number of aliphatic hydroxyl groups is 3. The Morgan fingerprint density at radius 1 is 0.868 bits per heavy atom. The van der Waals surface area contributed by atoms with E-state index in [0.29, 0.717) is 19.4 Å². The lowest BCUT2D eigenvalue weighted by Gasteiger charge is -2.47. The van der Waals surface area contributed by atoms with Crippen LogP contribution >= 0.6 is 0 Å². The van der Waals surface area contributed by atoms with E-state index in [2.05, 4.69) is 10.0 Å². The van der Waals surface area contributed by atoms with Gasteiger partial charge in [0.25, 0.3) is 0 Å². The number of aliphatic carboxylic acids is 1. The average molecular weight is 550 g/mol. The van der Waals surface area contributed by atoms with Crippen LogP contribution in [0.1, 0.15) is 59.3 Å². The maximum Gasteiger partial charge on any atom is 0.335 e. The predicted molar refractivity (Wildman–Crippen MR) is 132 cm³/mol. The molecule has 14 heteroatoms. The minimum absolute atomic E-state index is 0.179. The third-order valence-corrected chi connectivity index (χ3v) is 6.45. The highest BCUT2D eigenvalue weighted by molar-refractivity contribution is 5.73. The highest BCUT2D eigenvalue weighted by Crippen LogP contribution is 2.33. The molecule has 0 bridgehead atoms. The molecule has 2 aliphatic heterocycles. The Balaban J connectivity index is 2.35. The zero-order chi connectivity index (χ0) is 28.1. The molecule has 0 amide bonds. The van der Waals surface area contributed by atoms with E-state index < -0.39 is 73.9 Å². The number of unbranched alkanes of at least 4 members (excludes halogenated alkanes) is 3. The number of aliphatic hydroxyl groups excluding tert-OH is 3. The summed E-state index contributed by atoms with van der Waals surface area (Å²) >= 11 is 0. The van der Waals surface area contributed by atoms with Crippen molar-refractivity contribution in [3.05, 3.63) is 10.4 Å². The summed E-state index contributed by atoms with van der Waals surface area (Å²) in [6.45, 7) is 6.12. The first kappa shape index (κ1) is 32.6. The molecule has 0 aromatic heterocycles. The van der Waals surface area contributed by atoms with Crippen molar-refractivity contribution in [1.82, 2.24) is 0 Å². The fraction of sp³-hybridized carbons (Fsp3) is 0.958. The van der Waals surface area contributed by atoms with Gasteiger partial charge in [0.05, 0.1) is 12.7 Å². The zero-order valence-corrected chi connectivity index (χ0v) is 22.3. The van der Waals surface area contributed by atoms with Gasteiger partial charge in [-0.05, 0) is 24.8 Å². The fourth-order valence-electron chi connectivity index (χ4n) is 4.29. The maximum absolute atomic E-state index is 11.8. The van der Waals surface area contributed by atoms with Crippen LogP contribution in [0.25, 0.3) is 10.4 Å². The van der Waals surface area contributed by atoms with Gasteiger partial charge in [-0.25, -0.2) is 4.79 Å². The number of azide groups is 1. The van der Waals surface area contributed by atoms with Gasteiger partial charge in [-0.3, -0.25) is 0 Å². The van der Waals surface area contributed by atoms with Gasteiger partial charge in [-0.1, -0.05) is 45.1 Å². The summed E-state index contributed by atoms with van der Waals surface area (Å²) in [4.78, 5) is 14.7. The third-order valence-electron chi connectivity index (χ3n) is 6.45. The Hall–Kier alpha value is -1.58. The van der Waals surface area contributed by atoms with Crippen LogP contribution in [0, 0.1) is 0 Å². The maximum atomic E-state index is 11.8. The Bertz CT molecular complexity index is 741. The van der Waals surface area contributed by atoms with Crippen LogP contribution in [0.3, 0.4) is 0 Å². The molecule has 4 N–H and O–H groups in total. The van der Waals surface area contributed by atoms with Gasteiger partial charge in [0.15, 0.2) is 18.7 Å². The number of hydrogen-bond donors (Lipinski definition) is 4. The first-order chi connectivity index (χ1) is 18.3. The lowest BCUT2D eigenvalue weighted by Crippen LogP contribution is -2.65. The van der Waals surface area contributed by atoms with Crippen molar-refractivity contribution in [3.8, 4) is 0 Å². The van der Waals surface area contributed by atoms with Gasteiger partial charge in [0.2, 0.25) is 0 Å². The molecule has 2 saturated heterocycles. The van der Waals surface area contributed by atoms with Gasteiger partial charge in [-0.2, -0.15) is 0 Å². The highest BCUT2D eigenvalue weighted by Gasteiger charge is 2.53. The van der Waals surface area contributed by atoms with Crippen molar-refractivity contribution in [2.24, 2.45) is 5.11 Å². The average Bonchev–Trinajstić information content (AvgIpc) is 2.89. The Labute approximate surface area is 222 Å². The van der Waals surface area contributed by atoms with E-state index in [4.69, 9.17) is 28.4 Å². The summed E-state index contributed by atoms with van der Waals surface area (Å²) in [6, 6.07) is -1.01. The van der Waals surface area contributed by atoms with E-state index >= 15 is 0 Å². The zero-order valence-electron chi connectivity index (χ0n) is 22.3. The fourth-order valence-corrected chi connectivity index (χ4v) is 4.29. The predicted octanol–water partition coefficient (Wildman–Crippen LogP) is 1.49. The van der Waals surface area contributed by atoms with E-state index in [1.807, 2.05) is 20.8 Å². The van der Waals surface area contributed by atoms with E-state index in [-0.39, 0.29) is 13.2 Å². The molecular formula is C24H43N3O11.